The fourth-order valence-corrected chi connectivity index (χ4v) is 3.01. The highest BCUT2D eigenvalue weighted by Gasteiger charge is 2.21. The molecule has 1 aliphatic rings. The third kappa shape index (κ3) is 2.77. The van der Waals surface area contributed by atoms with E-state index in [1.165, 1.54) is 10.5 Å². The van der Waals surface area contributed by atoms with Crippen molar-refractivity contribution in [2.45, 2.75) is 17.9 Å². The second-order valence-corrected chi connectivity index (χ2v) is 4.90. The maximum atomic E-state index is 10.7. The van der Waals surface area contributed by atoms with E-state index in [4.69, 9.17) is 0 Å². The minimum atomic E-state index is 0.0306. The Morgan fingerprint density at radius 3 is 3.06 bits per heavy atom. The molecule has 0 aliphatic carbocycles. The van der Waals surface area contributed by atoms with Crippen molar-refractivity contribution in [1.82, 2.24) is 10.6 Å². The fraction of sp³-hybridized carbons (Fsp3) is 0.417. The van der Waals surface area contributed by atoms with E-state index in [-0.39, 0.29) is 5.91 Å². The molecule has 1 heterocycles. The van der Waals surface area contributed by atoms with E-state index in [0.717, 1.165) is 12.3 Å². The van der Waals surface area contributed by atoms with Crippen molar-refractivity contribution >= 4 is 17.7 Å². The van der Waals surface area contributed by atoms with Crippen LogP contribution in [0.5, 0.6) is 0 Å². The minimum Gasteiger partial charge on any atom is -0.355 e. The van der Waals surface area contributed by atoms with E-state index in [9.17, 15) is 4.79 Å². The Morgan fingerprint density at radius 2 is 2.25 bits per heavy atom. The summed E-state index contributed by atoms with van der Waals surface area (Å²) in [7, 11) is 0. The third-order valence-corrected chi connectivity index (χ3v) is 3.77. The zero-order valence-corrected chi connectivity index (χ0v) is 10.1. The summed E-state index contributed by atoms with van der Waals surface area (Å²) in [5.74, 6) is 1.11. The molecule has 1 amide bonds. The summed E-state index contributed by atoms with van der Waals surface area (Å²) in [6.45, 7) is 3.05. The van der Waals surface area contributed by atoms with Gasteiger partial charge in [0.1, 0.15) is 0 Å². The molecule has 4 heteroatoms. The number of nitrogens with one attached hydrogen (secondary N) is 2. The van der Waals surface area contributed by atoms with Crippen LogP contribution in [-0.4, -0.2) is 24.7 Å². The van der Waals surface area contributed by atoms with E-state index in [1.807, 2.05) is 11.8 Å². The van der Waals surface area contributed by atoms with Crippen LogP contribution in [0.1, 0.15) is 18.5 Å². The lowest BCUT2D eigenvalue weighted by atomic mass is 10.1. The van der Waals surface area contributed by atoms with E-state index in [2.05, 4.69) is 34.9 Å². The average Bonchev–Trinajstić information content (AvgIpc) is 2.68. The van der Waals surface area contributed by atoms with Gasteiger partial charge in [-0.3, -0.25) is 4.79 Å². The number of rotatable bonds is 4. The summed E-state index contributed by atoms with van der Waals surface area (Å²) < 4.78 is 0. The van der Waals surface area contributed by atoms with Crippen LogP contribution in [0.15, 0.2) is 29.2 Å². The van der Waals surface area contributed by atoms with Crippen LogP contribution < -0.4 is 10.6 Å². The van der Waals surface area contributed by atoms with E-state index >= 15 is 0 Å². The largest absolute Gasteiger partial charge is 0.355 e. The van der Waals surface area contributed by atoms with Gasteiger partial charge in [0.2, 0.25) is 5.91 Å². The Balaban J connectivity index is 1.82. The molecule has 2 rings (SSSR count). The Labute approximate surface area is 100.0 Å². The Hall–Kier alpha value is -1.00. The molecule has 0 fully saturated rings. The Bertz CT molecular complexity index is 381. The van der Waals surface area contributed by atoms with Crippen molar-refractivity contribution in [2.24, 2.45) is 0 Å². The molecule has 0 saturated heterocycles. The van der Waals surface area contributed by atoms with Crippen molar-refractivity contribution < 1.29 is 4.79 Å². The lowest BCUT2D eigenvalue weighted by Crippen LogP contribution is -2.32. The highest BCUT2D eigenvalue weighted by Crippen LogP contribution is 2.37. The van der Waals surface area contributed by atoms with Gasteiger partial charge in [0, 0.05) is 36.7 Å². The Morgan fingerprint density at radius 1 is 1.44 bits per heavy atom. The monoisotopic (exact) mass is 236 g/mol. The molecule has 3 nitrogen and oxygen atoms in total. The third-order valence-electron chi connectivity index (χ3n) is 2.59. The molecule has 1 aromatic carbocycles. The number of hydrogen-bond acceptors (Lipinski definition) is 3. The van der Waals surface area contributed by atoms with Gasteiger partial charge in [0.15, 0.2) is 0 Å². The molecule has 0 saturated carbocycles. The average molecular weight is 236 g/mol. The quantitative estimate of drug-likeness (QED) is 0.780. The first-order valence-corrected chi connectivity index (χ1v) is 6.45. The van der Waals surface area contributed by atoms with Gasteiger partial charge in [-0.05, 0) is 11.6 Å². The molecule has 0 radical (unpaired) electrons. The zero-order valence-electron chi connectivity index (χ0n) is 9.32. The zero-order chi connectivity index (χ0) is 11.4. The molecule has 1 aromatic rings. The van der Waals surface area contributed by atoms with E-state index < -0.39 is 0 Å². The molecule has 16 heavy (non-hydrogen) atoms. The summed E-state index contributed by atoms with van der Waals surface area (Å²) in [5, 5.41) is 6.24. The predicted molar refractivity (Wildman–Crippen MR) is 66.6 cm³/mol. The van der Waals surface area contributed by atoms with Gasteiger partial charge in [0.25, 0.3) is 0 Å². The van der Waals surface area contributed by atoms with Crippen LogP contribution in [0, 0.1) is 0 Å². The number of hydrogen-bond donors (Lipinski definition) is 2. The molecule has 1 aliphatic heterocycles. The van der Waals surface area contributed by atoms with Gasteiger partial charge < -0.3 is 10.6 Å². The molecule has 2 N–H and O–H groups in total. The summed E-state index contributed by atoms with van der Waals surface area (Å²) >= 11 is 1.89. The van der Waals surface area contributed by atoms with Crippen molar-refractivity contribution in [1.29, 1.82) is 0 Å². The molecule has 1 unspecified atom stereocenters. The van der Waals surface area contributed by atoms with Crippen LogP contribution in [0.4, 0.5) is 0 Å². The smallest absolute Gasteiger partial charge is 0.216 e. The molecule has 0 bridgehead atoms. The van der Waals surface area contributed by atoms with Gasteiger partial charge in [-0.2, -0.15) is 0 Å². The maximum absolute atomic E-state index is 10.7. The van der Waals surface area contributed by atoms with Gasteiger partial charge in [-0.15, -0.1) is 11.8 Å². The normalized spacial score (nSPS) is 18.2. The summed E-state index contributed by atoms with van der Waals surface area (Å²) in [4.78, 5) is 12.1. The van der Waals surface area contributed by atoms with Crippen molar-refractivity contribution in [3.63, 3.8) is 0 Å². The molecular weight excluding hydrogens is 220 g/mol. The summed E-state index contributed by atoms with van der Waals surface area (Å²) in [5.41, 5.74) is 1.38. The number of fused-ring (bicyclic) bond motifs is 1. The first-order chi connectivity index (χ1) is 7.77. The van der Waals surface area contributed by atoms with Crippen LogP contribution in [-0.2, 0) is 4.79 Å². The van der Waals surface area contributed by atoms with Crippen LogP contribution >= 0.6 is 11.8 Å². The SMILES string of the molecule is CC(=O)NCCNC1CSc2ccccc21. The number of thioether (sulfide) groups is 1. The van der Waals surface area contributed by atoms with E-state index in [0.29, 0.717) is 12.6 Å². The first-order valence-electron chi connectivity index (χ1n) is 5.47. The minimum absolute atomic E-state index is 0.0306. The maximum Gasteiger partial charge on any atom is 0.216 e. The second kappa shape index (κ2) is 5.37. The van der Waals surface area contributed by atoms with Crippen LogP contribution in [0.25, 0.3) is 0 Å². The summed E-state index contributed by atoms with van der Waals surface area (Å²) in [6, 6.07) is 8.91. The summed E-state index contributed by atoms with van der Waals surface area (Å²) in [6.07, 6.45) is 0. The highest BCUT2D eigenvalue weighted by atomic mass is 32.2. The lowest BCUT2D eigenvalue weighted by Gasteiger charge is -2.13. The van der Waals surface area contributed by atoms with Gasteiger partial charge in [-0.1, -0.05) is 18.2 Å². The number of carbonyl (C=O) groups excluding carboxylic acids is 1. The number of benzene rings is 1. The van der Waals surface area contributed by atoms with Crippen molar-refractivity contribution in [2.75, 3.05) is 18.8 Å². The fourth-order valence-electron chi connectivity index (χ4n) is 1.82. The molecule has 1 atom stereocenters. The molecule has 86 valence electrons. The number of carbonyl (C=O) groups is 1. The topological polar surface area (TPSA) is 41.1 Å². The number of amides is 1. The predicted octanol–water partition coefficient (Wildman–Crippen LogP) is 1.56. The molecule has 0 aromatic heterocycles. The van der Waals surface area contributed by atoms with Crippen LogP contribution in [0.2, 0.25) is 0 Å². The van der Waals surface area contributed by atoms with Crippen molar-refractivity contribution in [3.05, 3.63) is 29.8 Å². The standard InChI is InChI=1S/C12H16N2OS/c1-9(15)13-6-7-14-11-8-16-12-5-3-2-4-10(11)12/h2-5,11,14H,6-8H2,1H3,(H,13,15). The van der Waals surface area contributed by atoms with Crippen molar-refractivity contribution in [3.8, 4) is 0 Å². The Kier molecular flexibility index (Phi) is 3.85. The van der Waals surface area contributed by atoms with Gasteiger partial charge in [0.05, 0.1) is 0 Å². The molecule has 0 spiro atoms. The molecular formula is C12H16N2OS. The van der Waals surface area contributed by atoms with Gasteiger partial charge >= 0.3 is 0 Å². The highest BCUT2D eigenvalue weighted by molar-refractivity contribution is 7.99. The first kappa shape index (κ1) is 11.5. The van der Waals surface area contributed by atoms with Crippen LogP contribution in [0.3, 0.4) is 0 Å². The second-order valence-electron chi connectivity index (χ2n) is 3.84. The lowest BCUT2D eigenvalue weighted by molar-refractivity contribution is -0.118. The van der Waals surface area contributed by atoms with Gasteiger partial charge in [-0.25, -0.2) is 0 Å². The van der Waals surface area contributed by atoms with E-state index in [1.54, 1.807) is 6.92 Å².